The van der Waals surface area contributed by atoms with Crippen molar-refractivity contribution >= 4 is 5.91 Å². The van der Waals surface area contributed by atoms with E-state index >= 15 is 0 Å². The molecule has 1 heterocycles. The minimum atomic E-state index is -4.87. The maximum absolute atomic E-state index is 14.7. The van der Waals surface area contributed by atoms with E-state index in [1.165, 1.54) is 17.3 Å². The third kappa shape index (κ3) is 6.73. The lowest BCUT2D eigenvalue weighted by Gasteiger charge is -2.39. The Hall–Kier alpha value is -3.58. The van der Waals surface area contributed by atoms with E-state index in [2.05, 4.69) is 20.2 Å². The van der Waals surface area contributed by atoms with E-state index in [4.69, 9.17) is 0 Å². The van der Waals surface area contributed by atoms with Crippen LogP contribution in [0.15, 0.2) is 55.1 Å². The third-order valence-electron chi connectivity index (χ3n) is 5.35. The molecule has 1 amide bonds. The number of aromatic nitrogens is 3. The maximum atomic E-state index is 14.7. The Kier molecular flexibility index (Phi) is 7.41. The molecule has 13 heteroatoms. The number of nitrogens with one attached hydrogen (secondary N) is 1. The molecule has 3 rings (SSSR count). The minimum Gasteiger partial charge on any atom is -0.406 e. The van der Waals surface area contributed by atoms with E-state index in [1.54, 1.807) is 14.0 Å². The van der Waals surface area contributed by atoms with Gasteiger partial charge < -0.3 is 9.84 Å². The monoisotopic (exact) mass is 500 g/mol. The van der Waals surface area contributed by atoms with Crippen molar-refractivity contribution in [2.45, 2.75) is 25.4 Å². The van der Waals surface area contributed by atoms with E-state index in [0.29, 0.717) is 6.07 Å². The van der Waals surface area contributed by atoms with Crippen LogP contribution in [0.2, 0.25) is 0 Å². The fraction of sp³-hybridized carbons (Fsp3) is 0.318. The first kappa shape index (κ1) is 26.0. The van der Waals surface area contributed by atoms with Gasteiger partial charge in [-0.3, -0.25) is 4.79 Å². The Balaban J connectivity index is 1.86. The summed E-state index contributed by atoms with van der Waals surface area (Å²) in [6.07, 6.45) is -2.33. The lowest BCUT2D eigenvalue weighted by atomic mass is 9.92. The van der Waals surface area contributed by atoms with Crippen LogP contribution in [0.5, 0.6) is 5.75 Å². The van der Waals surface area contributed by atoms with Gasteiger partial charge in [0.25, 0.3) is 5.91 Å². The number of carbonyl (C=O) groups excluding carboxylic acids is 1. The third-order valence-corrected chi connectivity index (χ3v) is 5.35. The fourth-order valence-electron chi connectivity index (χ4n) is 3.59. The molecule has 0 spiro atoms. The maximum Gasteiger partial charge on any atom is 0.573 e. The molecular weight excluding hydrogens is 477 g/mol. The van der Waals surface area contributed by atoms with Crippen molar-refractivity contribution in [2.75, 3.05) is 20.1 Å². The van der Waals surface area contributed by atoms with Gasteiger partial charge in [0.2, 0.25) is 0 Å². The molecule has 0 aliphatic carbocycles. The molecule has 0 aliphatic heterocycles. The molecule has 2 N–H and O–H groups in total. The SMILES string of the molecule is CC[N@+](C)(C[C@@](O)(Cn1cncn1)c1ccc(F)cc1F)NC(=O)c1ccc(OC(F)(F)F)cc1. The van der Waals surface area contributed by atoms with Crippen molar-refractivity contribution in [3.05, 3.63) is 77.9 Å². The fourth-order valence-corrected chi connectivity index (χ4v) is 3.59. The number of likely N-dealkylation sites (N-methyl/N-ethyl adjacent to an activating group) is 1. The summed E-state index contributed by atoms with van der Waals surface area (Å²) < 4.78 is 70.1. The van der Waals surface area contributed by atoms with Gasteiger partial charge in [0.15, 0.2) is 5.60 Å². The Bertz CT molecular complexity index is 1160. The van der Waals surface area contributed by atoms with Gasteiger partial charge in [-0.15, -0.1) is 13.2 Å². The molecule has 2 atom stereocenters. The van der Waals surface area contributed by atoms with Crippen molar-refractivity contribution < 1.29 is 41.2 Å². The van der Waals surface area contributed by atoms with E-state index in [-0.39, 0.29) is 35.4 Å². The number of ether oxygens (including phenoxy) is 1. The van der Waals surface area contributed by atoms with Crippen LogP contribution in [0.4, 0.5) is 22.0 Å². The van der Waals surface area contributed by atoms with Gasteiger partial charge in [-0.05, 0) is 43.3 Å². The van der Waals surface area contributed by atoms with E-state index in [0.717, 1.165) is 36.4 Å². The van der Waals surface area contributed by atoms with Crippen molar-refractivity contribution in [1.82, 2.24) is 20.2 Å². The number of hydrogen-bond donors (Lipinski definition) is 2. The molecule has 35 heavy (non-hydrogen) atoms. The average molecular weight is 500 g/mol. The zero-order valence-electron chi connectivity index (χ0n) is 18.8. The molecule has 2 aromatic carbocycles. The standard InChI is InChI=1S/C22H22F5N5O3/c1-3-32(2,30-20(33)15-4-7-17(8-5-15)35-22(25,26)27)12-21(34,11-31-14-28-13-29-31)18-9-6-16(23)10-19(18)24/h4-10,13-14,34H,3,11-12H2,1-2H3/p+1/t21-,32+/m0/s1. The van der Waals surface area contributed by atoms with Gasteiger partial charge in [0, 0.05) is 17.2 Å². The van der Waals surface area contributed by atoms with E-state index < -0.39 is 35.3 Å². The summed E-state index contributed by atoms with van der Waals surface area (Å²) in [5.41, 5.74) is 0.552. The lowest BCUT2D eigenvalue weighted by Crippen LogP contribution is -2.63. The number of nitrogens with zero attached hydrogens (tertiary/aromatic N) is 4. The second-order valence-corrected chi connectivity index (χ2v) is 8.13. The zero-order valence-corrected chi connectivity index (χ0v) is 18.8. The van der Waals surface area contributed by atoms with Gasteiger partial charge in [0.1, 0.15) is 36.6 Å². The molecule has 0 aliphatic rings. The predicted octanol–water partition coefficient (Wildman–Crippen LogP) is 3.15. The number of amides is 1. The Morgan fingerprint density at radius 2 is 1.86 bits per heavy atom. The number of alkyl halides is 3. The number of hydrogen-bond acceptors (Lipinski definition) is 5. The first-order chi connectivity index (χ1) is 16.3. The van der Waals surface area contributed by atoms with Crippen LogP contribution in [0.25, 0.3) is 0 Å². The van der Waals surface area contributed by atoms with Gasteiger partial charge in [-0.25, -0.2) is 23.0 Å². The van der Waals surface area contributed by atoms with Crippen LogP contribution in [0.1, 0.15) is 22.8 Å². The van der Waals surface area contributed by atoms with Gasteiger partial charge in [-0.2, -0.15) is 10.5 Å². The number of halogens is 5. The summed E-state index contributed by atoms with van der Waals surface area (Å²) in [5, 5.41) is 15.5. The van der Waals surface area contributed by atoms with Crippen LogP contribution in [-0.2, 0) is 12.1 Å². The minimum absolute atomic E-state index is 0.0325. The van der Waals surface area contributed by atoms with Crippen LogP contribution in [-0.4, -0.2) is 56.9 Å². The van der Waals surface area contributed by atoms with Gasteiger partial charge >= 0.3 is 6.36 Å². The highest BCUT2D eigenvalue weighted by molar-refractivity contribution is 5.93. The summed E-state index contributed by atoms with van der Waals surface area (Å²) >= 11 is 0. The second kappa shape index (κ2) is 9.96. The molecule has 1 aromatic heterocycles. The number of benzene rings is 2. The first-order valence-electron chi connectivity index (χ1n) is 10.4. The molecule has 0 saturated heterocycles. The molecule has 0 radical (unpaired) electrons. The number of rotatable bonds is 9. The largest absolute Gasteiger partial charge is 0.573 e. The molecule has 0 bridgehead atoms. The highest BCUT2D eigenvalue weighted by Crippen LogP contribution is 2.29. The molecule has 0 saturated carbocycles. The Labute approximate surface area is 197 Å². The van der Waals surface area contributed by atoms with E-state index in [9.17, 15) is 31.9 Å². The number of aliphatic hydroxyl groups is 1. The molecule has 0 fully saturated rings. The molecule has 3 aromatic rings. The van der Waals surface area contributed by atoms with Crippen molar-refractivity contribution in [1.29, 1.82) is 0 Å². The summed E-state index contributed by atoms with van der Waals surface area (Å²) in [6.45, 7) is 1.40. The average Bonchev–Trinajstić information content (AvgIpc) is 3.25. The quantitative estimate of drug-likeness (QED) is 0.268. The van der Waals surface area contributed by atoms with Crippen LogP contribution in [0.3, 0.4) is 0 Å². The smallest absolute Gasteiger partial charge is 0.406 e. The zero-order chi connectivity index (χ0) is 25.9. The summed E-state index contributed by atoms with van der Waals surface area (Å²) in [5.74, 6) is -2.96. The topological polar surface area (TPSA) is 89.3 Å². The van der Waals surface area contributed by atoms with E-state index in [1.807, 2.05) is 0 Å². The predicted molar refractivity (Wildman–Crippen MR) is 112 cm³/mol. The summed E-state index contributed by atoms with van der Waals surface area (Å²) in [7, 11) is 1.56. The first-order valence-corrected chi connectivity index (χ1v) is 10.4. The number of quaternary nitrogens is 1. The molecular formula is C22H23F5N5O3+. The lowest BCUT2D eigenvalue weighted by molar-refractivity contribution is -0.948. The van der Waals surface area contributed by atoms with Crippen LogP contribution in [0, 0.1) is 11.6 Å². The molecule has 188 valence electrons. The van der Waals surface area contributed by atoms with Crippen LogP contribution >= 0.6 is 0 Å². The normalized spacial score (nSPS) is 15.2. The molecule has 0 unspecified atom stereocenters. The van der Waals surface area contributed by atoms with Crippen LogP contribution < -0.4 is 10.2 Å². The van der Waals surface area contributed by atoms with Gasteiger partial charge in [-0.1, -0.05) is 0 Å². The summed E-state index contributed by atoms with van der Waals surface area (Å²) in [4.78, 5) is 16.6. The van der Waals surface area contributed by atoms with Crippen molar-refractivity contribution in [3.63, 3.8) is 0 Å². The number of carbonyl (C=O) groups is 1. The van der Waals surface area contributed by atoms with Gasteiger partial charge in [0.05, 0.1) is 20.1 Å². The summed E-state index contributed by atoms with van der Waals surface area (Å²) in [6, 6.07) is 7.05. The molecule has 8 nitrogen and oxygen atoms in total. The Morgan fingerprint density at radius 1 is 1.17 bits per heavy atom. The highest BCUT2D eigenvalue weighted by atomic mass is 19.4. The van der Waals surface area contributed by atoms with Crippen molar-refractivity contribution in [2.24, 2.45) is 0 Å². The highest BCUT2D eigenvalue weighted by Gasteiger charge is 2.42. The second-order valence-electron chi connectivity index (χ2n) is 8.13. The Morgan fingerprint density at radius 3 is 2.40 bits per heavy atom. The van der Waals surface area contributed by atoms with Crippen molar-refractivity contribution in [3.8, 4) is 5.75 Å².